The van der Waals surface area contributed by atoms with Gasteiger partial charge in [0.15, 0.2) is 0 Å². The van der Waals surface area contributed by atoms with Gasteiger partial charge >= 0.3 is 0 Å². The molecule has 5 heteroatoms. The van der Waals surface area contributed by atoms with E-state index in [0.717, 1.165) is 12.8 Å². The summed E-state index contributed by atoms with van der Waals surface area (Å²) in [6, 6.07) is 12.1. The molecule has 0 saturated heterocycles. The van der Waals surface area contributed by atoms with Crippen LogP contribution in [0.25, 0.3) is 0 Å². The van der Waals surface area contributed by atoms with Crippen LogP contribution in [0.15, 0.2) is 42.1 Å². The number of nitrogens with one attached hydrogen (secondary N) is 2. The Balaban J connectivity index is 2.26. The van der Waals surface area contributed by atoms with Crippen molar-refractivity contribution in [1.29, 1.82) is 5.26 Å². The van der Waals surface area contributed by atoms with Crippen molar-refractivity contribution in [3.8, 4) is 6.07 Å². The third kappa shape index (κ3) is 7.14. The van der Waals surface area contributed by atoms with Gasteiger partial charge in [0.25, 0.3) is 5.91 Å². The van der Waals surface area contributed by atoms with Crippen molar-refractivity contribution in [3.05, 3.63) is 47.7 Å². The standard InChI is InChI=1S/C16H21N3O2/c1-21-11-10-19-16(20)15(12-17)13-18-9-5-8-14-6-3-2-4-7-14/h2-4,6-7,13,18H,5,8-11H2,1H3,(H,19,20)/b15-13-. The van der Waals surface area contributed by atoms with E-state index >= 15 is 0 Å². The van der Waals surface area contributed by atoms with Gasteiger partial charge in [-0.3, -0.25) is 4.79 Å². The minimum atomic E-state index is -0.384. The Morgan fingerprint density at radius 3 is 2.76 bits per heavy atom. The van der Waals surface area contributed by atoms with Crippen LogP contribution in [0.1, 0.15) is 12.0 Å². The maximum Gasteiger partial charge on any atom is 0.263 e. The number of benzene rings is 1. The minimum Gasteiger partial charge on any atom is -0.390 e. The maximum absolute atomic E-state index is 11.6. The number of carbonyl (C=O) groups excluding carboxylic acids is 1. The molecule has 5 nitrogen and oxygen atoms in total. The number of carbonyl (C=O) groups is 1. The zero-order valence-corrected chi connectivity index (χ0v) is 12.3. The van der Waals surface area contributed by atoms with Crippen molar-refractivity contribution in [2.45, 2.75) is 12.8 Å². The third-order valence-corrected chi connectivity index (χ3v) is 2.83. The predicted molar refractivity (Wildman–Crippen MR) is 81.3 cm³/mol. The molecular formula is C16H21N3O2. The molecule has 0 aliphatic carbocycles. The van der Waals surface area contributed by atoms with Gasteiger partial charge in [0.2, 0.25) is 0 Å². The SMILES string of the molecule is COCCNC(=O)/C(C#N)=C\NCCCc1ccccc1. The molecule has 0 bridgehead atoms. The highest BCUT2D eigenvalue weighted by molar-refractivity contribution is 5.97. The van der Waals surface area contributed by atoms with Gasteiger partial charge in [-0.25, -0.2) is 0 Å². The average Bonchev–Trinajstić information content (AvgIpc) is 2.52. The first-order chi connectivity index (χ1) is 10.3. The number of ether oxygens (including phenoxy) is 1. The second-order valence-electron chi connectivity index (χ2n) is 4.46. The fourth-order valence-electron chi connectivity index (χ4n) is 1.72. The van der Waals surface area contributed by atoms with E-state index in [-0.39, 0.29) is 11.5 Å². The quantitative estimate of drug-likeness (QED) is 0.409. The fraction of sp³-hybridized carbons (Fsp3) is 0.375. The van der Waals surface area contributed by atoms with E-state index in [2.05, 4.69) is 22.8 Å². The lowest BCUT2D eigenvalue weighted by molar-refractivity contribution is -0.117. The van der Waals surface area contributed by atoms with Crippen LogP contribution in [0.2, 0.25) is 0 Å². The molecule has 1 rings (SSSR count). The van der Waals surface area contributed by atoms with E-state index in [0.29, 0.717) is 19.7 Å². The normalized spacial score (nSPS) is 10.8. The number of hydrogen-bond acceptors (Lipinski definition) is 4. The molecule has 0 saturated carbocycles. The van der Waals surface area contributed by atoms with Gasteiger partial charge < -0.3 is 15.4 Å². The Hall–Kier alpha value is -2.32. The Kier molecular flexibility index (Phi) is 8.34. The van der Waals surface area contributed by atoms with Crippen LogP contribution in [0.3, 0.4) is 0 Å². The summed E-state index contributed by atoms with van der Waals surface area (Å²) >= 11 is 0. The van der Waals surface area contributed by atoms with Gasteiger partial charge in [0.05, 0.1) is 6.61 Å². The molecule has 2 N–H and O–H groups in total. The first-order valence-corrected chi connectivity index (χ1v) is 6.92. The molecule has 0 fully saturated rings. The second-order valence-corrected chi connectivity index (χ2v) is 4.46. The fourth-order valence-corrected chi connectivity index (χ4v) is 1.72. The molecule has 1 aromatic carbocycles. The Labute approximate surface area is 125 Å². The van der Waals surface area contributed by atoms with Crippen molar-refractivity contribution in [3.63, 3.8) is 0 Å². The summed E-state index contributed by atoms with van der Waals surface area (Å²) < 4.78 is 4.83. The van der Waals surface area contributed by atoms with Crippen LogP contribution in [0.4, 0.5) is 0 Å². The summed E-state index contributed by atoms with van der Waals surface area (Å²) in [5.41, 5.74) is 1.35. The number of aryl methyl sites for hydroxylation is 1. The van der Waals surface area contributed by atoms with Crippen LogP contribution in [0.5, 0.6) is 0 Å². The van der Waals surface area contributed by atoms with Gasteiger partial charge in [-0.2, -0.15) is 5.26 Å². The number of methoxy groups -OCH3 is 1. The summed E-state index contributed by atoms with van der Waals surface area (Å²) in [6.07, 6.45) is 3.36. The van der Waals surface area contributed by atoms with Crippen LogP contribution in [-0.2, 0) is 16.0 Å². The molecule has 0 aromatic heterocycles. The van der Waals surface area contributed by atoms with Gasteiger partial charge in [-0.15, -0.1) is 0 Å². The van der Waals surface area contributed by atoms with Gasteiger partial charge in [0.1, 0.15) is 11.6 Å². The second kappa shape index (κ2) is 10.5. The van der Waals surface area contributed by atoms with E-state index in [1.807, 2.05) is 24.3 Å². The molecule has 0 radical (unpaired) electrons. The van der Waals surface area contributed by atoms with E-state index < -0.39 is 0 Å². The van der Waals surface area contributed by atoms with E-state index in [4.69, 9.17) is 10.00 Å². The Morgan fingerprint density at radius 2 is 2.10 bits per heavy atom. The van der Waals surface area contributed by atoms with Gasteiger partial charge in [-0.1, -0.05) is 30.3 Å². The Morgan fingerprint density at radius 1 is 1.33 bits per heavy atom. The molecular weight excluding hydrogens is 266 g/mol. The van der Waals surface area contributed by atoms with Crippen molar-refractivity contribution < 1.29 is 9.53 Å². The van der Waals surface area contributed by atoms with Crippen molar-refractivity contribution in [2.24, 2.45) is 0 Å². The third-order valence-electron chi connectivity index (χ3n) is 2.83. The topological polar surface area (TPSA) is 74.1 Å². The largest absolute Gasteiger partial charge is 0.390 e. The smallest absolute Gasteiger partial charge is 0.263 e. The lowest BCUT2D eigenvalue weighted by Gasteiger charge is -2.05. The monoisotopic (exact) mass is 287 g/mol. The molecule has 112 valence electrons. The minimum absolute atomic E-state index is 0.0748. The molecule has 0 heterocycles. The highest BCUT2D eigenvalue weighted by atomic mass is 16.5. The summed E-state index contributed by atoms with van der Waals surface area (Å²) in [5.74, 6) is -0.384. The van der Waals surface area contributed by atoms with E-state index in [1.165, 1.54) is 11.8 Å². The van der Waals surface area contributed by atoms with E-state index in [1.54, 1.807) is 7.11 Å². The molecule has 1 aromatic rings. The van der Waals surface area contributed by atoms with Crippen LogP contribution >= 0.6 is 0 Å². The number of hydrogen-bond donors (Lipinski definition) is 2. The summed E-state index contributed by atoms with van der Waals surface area (Å²) in [4.78, 5) is 11.6. The van der Waals surface area contributed by atoms with Crippen molar-refractivity contribution in [2.75, 3.05) is 26.8 Å². The highest BCUT2D eigenvalue weighted by Gasteiger charge is 2.07. The van der Waals surface area contributed by atoms with E-state index in [9.17, 15) is 4.79 Å². The summed E-state index contributed by atoms with van der Waals surface area (Å²) in [7, 11) is 1.56. The van der Waals surface area contributed by atoms with Crippen LogP contribution in [-0.4, -0.2) is 32.7 Å². The lowest BCUT2D eigenvalue weighted by atomic mass is 10.1. The maximum atomic E-state index is 11.6. The number of amides is 1. The van der Waals surface area contributed by atoms with Crippen LogP contribution < -0.4 is 10.6 Å². The molecule has 0 unspecified atom stereocenters. The number of rotatable bonds is 9. The zero-order valence-electron chi connectivity index (χ0n) is 12.3. The summed E-state index contributed by atoms with van der Waals surface area (Å²) in [5, 5.41) is 14.5. The lowest BCUT2D eigenvalue weighted by Crippen LogP contribution is -2.28. The zero-order chi connectivity index (χ0) is 15.3. The number of nitrogens with zero attached hydrogens (tertiary/aromatic N) is 1. The summed E-state index contributed by atoms with van der Waals surface area (Å²) in [6.45, 7) is 1.53. The number of nitriles is 1. The molecule has 1 amide bonds. The molecule has 0 atom stereocenters. The average molecular weight is 287 g/mol. The molecule has 21 heavy (non-hydrogen) atoms. The first-order valence-electron chi connectivity index (χ1n) is 6.92. The van der Waals surface area contributed by atoms with Crippen molar-refractivity contribution >= 4 is 5.91 Å². The molecule has 0 aliphatic rings. The predicted octanol–water partition coefficient (Wildman–Crippen LogP) is 1.38. The molecule has 0 spiro atoms. The Bertz CT molecular complexity index is 492. The van der Waals surface area contributed by atoms with Gasteiger partial charge in [0, 0.05) is 26.4 Å². The van der Waals surface area contributed by atoms with Gasteiger partial charge in [-0.05, 0) is 18.4 Å². The molecule has 0 aliphatic heterocycles. The van der Waals surface area contributed by atoms with Crippen LogP contribution in [0, 0.1) is 11.3 Å². The highest BCUT2D eigenvalue weighted by Crippen LogP contribution is 2.01. The van der Waals surface area contributed by atoms with Crippen molar-refractivity contribution in [1.82, 2.24) is 10.6 Å². The first kappa shape index (κ1) is 16.7.